The molecule has 2 heteroatoms. The van der Waals surface area contributed by atoms with Crippen LogP contribution < -0.4 is 4.74 Å². The molecule has 0 N–H and O–H groups in total. The summed E-state index contributed by atoms with van der Waals surface area (Å²) < 4.78 is 5.88. The van der Waals surface area contributed by atoms with Crippen LogP contribution in [-0.4, -0.2) is 31.1 Å². The van der Waals surface area contributed by atoms with Gasteiger partial charge in [-0.3, -0.25) is 4.90 Å². The van der Waals surface area contributed by atoms with Gasteiger partial charge in [-0.2, -0.15) is 0 Å². The predicted molar refractivity (Wildman–Crippen MR) is 92.4 cm³/mol. The molecule has 0 aromatic heterocycles. The molecule has 2 nitrogen and oxygen atoms in total. The summed E-state index contributed by atoms with van der Waals surface area (Å²) in [6.45, 7) is 6.40. The quantitative estimate of drug-likeness (QED) is 0.803. The lowest BCUT2D eigenvalue weighted by molar-refractivity contribution is 0.183. The Balaban J connectivity index is 1.51. The summed E-state index contributed by atoms with van der Waals surface area (Å²) in [6, 6.07) is 17.1. The van der Waals surface area contributed by atoms with E-state index in [0.29, 0.717) is 0 Å². The van der Waals surface area contributed by atoms with Crippen LogP contribution in [0, 0.1) is 6.92 Å². The third-order valence-corrected chi connectivity index (χ3v) is 4.36. The molecule has 0 aliphatic carbocycles. The van der Waals surface area contributed by atoms with Gasteiger partial charge in [0.05, 0.1) is 0 Å². The molecule has 2 aromatic rings. The second-order valence-corrected chi connectivity index (χ2v) is 6.14. The highest BCUT2D eigenvalue weighted by atomic mass is 16.5. The first kappa shape index (κ1) is 15.1. The van der Waals surface area contributed by atoms with Gasteiger partial charge >= 0.3 is 0 Å². The highest BCUT2D eigenvalue weighted by Crippen LogP contribution is 2.22. The first-order valence-corrected chi connectivity index (χ1v) is 8.33. The van der Waals surface area contributed by atoms with E-state index in [1.807, 2.05) is 0 Å². The van der Waals surface area contributed by atoms with E-state index in [1.165, 1.54) is 49.0 Å². The molecule has 1 aliphatic heterocycles. The smallest absolute Gasteiger partial charge is 0.119 e. The van der Waals surface area contributed by atoms with Crippen molar-refractivity contribution in [2.24, 2.45) is 0 Å². The first-order chi connectivity index (χ1) is 10.8. The van der Waals surface area contributed by atoms with Crippen molar-refractivity contribution in [1.82, 2.24) is 4.90 Å². The zero-order valence-electron chi connectivity index (χ0n) is 13.4. The Kier molecular flexibility index (Phi) is 5.12. The van der Waals surface area contributed by atoms with Crippen LogP contribution in [0.3, 0.4) is 0 Å². The lowest BCUT2D eigenvalue weighted by Crippen LogP contribution is -2.33. The number of piperidine rings is 1. The molecule has 22 heavy (non-hydrogen) atoms. The molecule has 0 atom stereocenters. The van der Waals surface area contributed by atoms with E-state index in [-0.39, 0.29) is 0 Å². The van der Waals surface area contributed by atoms with Crippen molar-refractivity contribution < 1.29 is 4.74 Å². The molecule has 0 bridgehead atoms. The monoisotopic (exact) mass is 295 g/mol. The summed E-state index contributed by atoms with van der Waals surface area (Å²) >= 11 is 0. The Morgan fingerprint density at radius 1 is 0.818 bits per heavy atom. The Morgan fingerprint density at radius 2 is 1.41 bits per heavy atom. The van der Waals surface area contributed by atoms with E-state index in [4.69, 9.17) is 4.74 Å². The second kappa shape index (κ2) is 7.46. The van der Waals surface area contributed by atoms with Crippen LogP contribution in [0.25, 0.3) is 11.1 Å². The van der Waals surface area contributed by atoms with Gasteiger partial charge in [0.1, 0.15) is 12.4 Å². The molecule has 0 unspecified atom stereocenters. The van der Waals surface area contributed by atoms with Gasteiger partial charge in [0.25, 0.3) is 0 Å². The lowest BCUT2D eigenvalue weighted by atomic mass is 10.0. The normalized spacial score (nSPS) is 15.7. The first-order valence-electron chi connectivity index (χ1n) is 8.33. The lowest BCUT2D eigenvalue weighted by Gasteiger charge is -2.26. The number of hydrogen-bond donors (Lipinski definition) is 0. The van der Waals surface area contributed by atoms with Gasteiger partial charge in [-0.1, -0.05) is 48.4 Å². The highest BCUT2D eigenvalue weighted by Gasteiger charge is 2.09. The largest absolute Gasteiger partial charge is 0.492 e. The maximum Gasteiger partial charge on any atom is 0.119 e. The highest BCUT2D eigenvalue weighted by molar-refractivity contribution is 5.64. The van der Waals surface area contributed by atoms with Crippen molar-refractivity contribution >= 4 is 0 Å². The molecule has 1 fully saturated rings. The fourth-order valence-corrected chi connectivity index (χ4v) is 2.97. The average molecular weight is 295 g/mol. The van der Waals surface area contributed by atoms with Crippen LogP contribution in [-0.2, 0) is 0 Å². The van der Waals surface area contributed by atoms with Crippen molar-refractivity contribution in [3.8, 4) is 16.9 Å². The fourth-order valence-electron chi connectivity index (χ4n) is 2.97. The molecule has 1 aliphatic rings. The van der Waals surface area contributed by atoms with Gasteiger partial charge in [0, 0.05) is 6.54 Å². The molecule has 116 valence electrons. The summed E-state index contributed by atoms with van der Waals surface area (Å²) in [5.41, 5.74) is 3.79. The van der Waals surface area contributed by atoms with Crippen LogP contribution in [0.2, 0.25) is 0 Å². The summed E-state index contributed by atoms with van der Waals surface area (Å²) in [4.78, 5) is 2.50. The molecule has 0 spiro atoms. The number of hydrogen-bond acceptors (Lipinski definition) is 2. The van der Waals surface area contributed by atoms with Gasteiger partial charge in [-0.25, -0.2) is 0 Å². The predicted octanol–water partition coefficient (Wildman–Crippen LogP) is 4.53. The molecule has 1 heterocycles. The molecular weight excluding hydrogens is 270 g/mol. The van der Waals surface area contributed by atoms with Crippen LogP contribution in [0.1, 0.15) is 24.8 Å². The number of benzene rings is 2. The van der Waals surface area contributed by atoms with Crippen LogP contribution in [0.5, 0.6) is 5.75 Å². The number of ether oxygens (including phenoxy) is 1. The van der Waals surface area contributed by atoms with Crippen molar-refractivity contribution in [1.29, 1.82) is 0 Å². The molecule has 0 saturated carbocycles. The van der Waals surface area contributed by atoms with Gasteiger partial charge in [0.2, 0.25) is 0 Å². The third-order valence-electron chi connectivity index (χ3n) is 4.36. The van der Waals surface area contributed by atoms with Gasteiger partial charge in [0.15, 0.2) is 0 Å². The number of aryl methyl sites for hydroxylation is 1. The summed E-state index contributed by atoms with van der Waals surface area (Å²) in [5.74, 6) is 0.966. The Bertz CT molecular complexity index is 568. The number of rotatable bonds is 5. The van der Waals surface area contributed by atoms with E-state index in [0.717, 1.165) is 18.9 Å². The zero-order chi connectivity index (χ0) is 15.2. The molecule has 3 rings (SSSR count). The van der Waals surface area contributed by atoms with E-state index < -0.39 is 0 Å². The molecule has 1 saturated heterocycles. The molecule has 0 radical (unpaired) electrons. The zero-order valence-corrected chi connectivity index (χ0v) is 13.4. The molecule has 2 aromatic carbocycles. The topological polar surface area (TPSA) is 12.5 Å². The van der Waals surface area contributed by atoms with Crippen LogP contribution in [0.4, 0.5) is 0 Å². The van der Waals surface area contributed by atoms with Gasteiger partial charge in [-0.15, -0.1) is 0 Å². The number of likely N-dealkylation sites (tertiary alicyclic amines) is 1. The third kappa shape index (κ3) is 4.11. The minimum atomic E-state index is 0.782. The standard InChI is InChI=1S/C20H25NO/c1-17-5-7-18(8-6-17)19-9-11-20(12-10-19)22-16-15-21-13-3-2-4-14-21/h5-12H,2-4,13-16H2,1H3. The maximum absolute atomic E-state index is 5.88. The minimum absolute atomic E-state index is 0.782. The van der Waals surface area contributed by atoms with Crippen molar-refractivity contribution in [3.05, 3.63) is 54.1 Å². The minimum Gasteiger partial charge on any atom is -0.492 e. The fraction of sp³-hybridized carbons (Fsp3) is 0.400. The van der Waals surface area contributed by atoms with Gasteiger partial charge < -0.3 is 4.74 Å². The summed E-state index contributed by atoms with van der Waals surface area (Å²) in [7, 11) is 0. The molecule has 0 amide bonds. The maximum atomic E-state index is 5.88. The van der Waals surface area contributed by atoms with E-state index in [1.54, 1.807) is 0 Å². The summed E-state index contributed by atoms with van der Waals surface area (Å²) in [6.07, 6.45) is 4.06. The van der Waals surface area contributed by atoms with Crippen molar-refractivity contribution in [3.63, 3.8) is 0 Å². The second-order valence-electron chi connectivity index (χ2n) is 6.14. The van der Waals surface area contributed by atoms with E-state index in [9.17, 15) is 0 Å². The van der Waals surface area contributed by atoms with Crippen molar-refractivity contribution in [2.75, 3.05) is 26.2 Å². The average Bonchev–Trinajstić information content (AvgIpc) is 2.57. The van der Waals surface area contributed by atoms with Crippen LogP contribution >= 0.6 is 0 Å². The molecular formula is C20H25NO. The summed E-state index contributed by atoms with van der Waals surface area (Å²) in [5, 5.41) is 0. The van der Waals surface area contributed by atoms with Gasteiger partial charge in [-0.05, 0) is 56.1 Å². The van der Waals surface area contributed by atoms with E-state index >= 15 is 0 Å². The van der Waals surface area contributed by atoms with Crippen molar-refractivity contribution in [2.45, 2.75) is 26.2 Å². The Hall–Kier alpha value is -1.80. The van der Waals surface area contributed by atoms with Crippen LogP contribution in [0.15, 0.2) is 48.5 Å². The number of nitrogens with zero attached hydrogens (tertiary/aromatic N) is 1. The SMILES string of the molecule is Cc1ccc(-c2ccc(OCCN3CCCCC3)cc2)cc1. The Labute approximate surface area is 133 Å². The Morgan fingerprint density at radius 3 is 2.05 bits per heavy atom. The van der Waals surface area contributed by atoms with E-state index in [2.05, 4.69) is 60.4 Å².